The first-order valence-corrected chi connectivity index (χ1v) is 19.2. The van der Waals surface area contributed by atoms with Crippen molar-refractivity contribution < 1.29 is 48.5 Å². The summed E-state index contributed by atoms with van der Waals surface area (Å²) in [6.45, 7) is -13.0. The zero-order valence-corrected chi connectivity index (χ0v) is 32.6. The number of piperidine rings is 2. The Morgan fingerprint density at radius 2 is 1.78 bits per heavy atom. The number of nitrogens with zero attached hydrogens (tertiary/aromatic N) is 6. The van der Waals surface area contributed by atoms with Crippen molar-refractivity contribution in [3.63, 3.8) is 0 Å². The number of amides is 5. The van der Waals surface area contributed by atoms with Gasteiger partial charge in [-0.15, -0.1) is 0 Å². The topological polar surface area (TPSA) is 169 Å². The summed E-state index contributed by atoms with van der Waals surface area (Å²) in [5.41, 5.74) is -1.24. The van der Waals surface area contributed by atoms with Gasteiger partial charge in [-0.2, -0.15) is 0 Å². The summed E-state index contributed by atoms with van der Waals surface area (Å²) >= 11 is 5.95. The summed E-state index contributed by atoms with van der Waals surface area (Å²) in [5.74, 6) is -6.49. The maximum Gasteiger partial charge on any atom is 0.265 e. The number of nitrogens with one attached hydrogen (secondary N) is 3. The Morgan fingerprint density at radius 1 is 1.00 bits per heavy atom. The number of aromatic nitrogens is 2. The van der Waals surface area contributed by atoms with Gasteiger partial charge >= 0.3 is 0 Å². The molecule has 3 aromatic carbocycles. The molecule has 0 spiro atoms. The van der Waals surface area contributed by atoms with Gasteiger partial charge in [0.1, 0.15) is 29.8 Å². The summed E-state index contributed by atoms with van der Waals surface area (Å²) in [6.07, 6.45) is 4.54. The number of carbonyl (C=O) groups excluding carboxylic acids is 5. The van der Waals surface area contributed by atoms with E-state index in [0.29, 0.717) is 76.1 Å². The molecular formula is C42H42ClF2N9O6. The molecule has 0 bridgehead atoms. The third-order valence-corrected chi connectivity index (χ3v) is 10.8. The summed E-state index contributed by atoms with van der Waals surface area (Å²) < 4.78 is 107. The summed E-state index contributed by atoms with van der Waals surface area (Å²) in [5, 5.41) is 8.30. The van der Waals surface area contributed by atoms with Crippen molar-refractivity contribution in [2.75, 3.05) is 74.8 Å². The lowest BCUT2D eigenvalue weighted by atomic mass is 9.96. The van der Waals surface area contributed by atoms with Crippen LogP contribution in [0.1, 0.15) is 57.4 Å². The average molecular weight is 850 g/mol. The number of methoxy groups -OCH3 is 1. The van der Waals surface area contributed by atoms with E-state index >= 15 is 4.39 Å². The largest absolute Gasteiger partial charge is 0.494 e. The Kier molecular flexibility index (Phi) is 9.17. The van der Waals surface area contributed by atoms with E-state index in [0.717, 1.165) is 12.1 Å². The van der Waals surface area contributed by atoms with E-state index in [-0.39, 0.29) is 22.8 Å². The number of fused-ring (bicyclic) bond motifs is 2. The highest BCUT2D eigenvalue weighted by molar-refractivity contribution is 6.31. The molecule has 15 nitrogen and oxygen atoms in total. The van der Waals surface area contributed by atoms with Crippen molar-refractivity contribution in [1.29, 1.82) is 0 Å². The summed E-state index contributed by atoms with van der Waals surface area (Å²) in [7, 11) is 1.43. The molecule has 4 aliphatic rings. The molecular weight excluding hydrogens is 800 g/mol. The third kappa shape index (κ3) is 8.37. The van der Waals surface area contributed by atoms with Crippen molar-refractivity contribution >= 4 is 74.9 Å². The van der Waals surface area contributed by atoms with Gasteiger partial charge in [-0.1, -0.05) is 17.7 Å². The summed E-state index contributed by atoms with van der Waals surface area (Å²) in [4.78, 5) is 75.7. The highest BCUT2D eigenvalue weighted by Gasteiger charge is 2.46. The fourth-order valence-corrected chi connectivity index (χ4v) is 7.60. The predicted molar refractivity (Wildman–Crippen MR) is 219 cm³/mol. The summed E-state index contributed by atoms with van der Waals surface area (Å²) in [6, 6.07) is 7.53. The smallest absolute Gasteiger partial charge is 0.265 e. The van der Waals surface area contributed by atoms with Crippen molar-refractivity contribution in [2.45, 2.75) is 31.7 Å². The maximum absolute atomic E-state index is 16.5. The molecule has 60 heavy (non-hydrogen) atoms. The number of benzene rings is 3. The van der Waals surface area contributed by atoms with E-state index in [2.05, 4.69) is 20.6 Å². The number of ether oxygens (including phenoxy) is 1. The van der Waals surface area contributed by atoms with E-state index < -0.39 is 102 Å². The number of halogens is 3. The number of carbonyl (C=O) groups is 5. The van der Waals surface area contributed by atoms with Crippen molar-refractivity contribution in [2.24, 2.45) is 5.92 Å². The highest BCUT2D eigenvalue weighted by atomic mass is 35.5. The second-order valence-corrected chi connectivity index (χ2v) is 14.8. The molecule has 4 aromatic rings. The molecule has 5 amide bonds. The van der Waals surface area contributed by atoms with Crippen LogP contribution < -0.4 is 25.6 Å². The first kappa shape index (κ1) is 31.8. The van der Waals surface area contributed by atoms with Crippen molar-refractivity contribution in [1.82, 2.24) is 30.0 Å². The molecule has 3 saturated heterocycles. The molecule has 0 radical (unpaired) electrons. The molecule has 312 valence electrons. The van der Waals surface area contributed by atoms with Crippen LogP contribution in [0.3, 0.4) is 0 Å². The molecule has 1 atom stereocenters. The minimum atomic E-state index is -3.50. The lowest BCUT2D eigenvalue weighted by Gasteiger charge is -2.39. The van der Waals surface area contributed by atoms with E-state index in [4.69, 9.17) is 27.3 Å². The normalized spacial score (nSPS) is 24.6. The third-order valence-electron chi connectivity index (χ3n) is 10.5. The van der Waals surface area contributed by atoms with Crippen LogP contribution in [0.15, 0.2) is 60.9 Å². The van der Waals surface area contributed by atoms with E-state index in [1.54, 1.807) is 18.2 Å². The van der Waals surface area contributed by atoms with Crippen LogP contribution in [-0.2, 0) is 14.4 Å². The van der Waals surface area contributed by atoms with Crippen molar-refractivity contribution in [3.05, 3.63) is 88.7 Å². The number of hydrogen-bond donors (Lipinski definition) is 3. The van der Waals surface area contributed by atoms with Gasteiger partial charge in [0.25, 0.3) is 11.8 Å². The highest BCUT2D eigenvalue weighted by Crippen LogP contribution is 2.36. The molecule has 18 heteroatoms. The van der Waals surface area contributed by atoms with Gasteiger partial charge in [0.15, 0.2) is 5.82 Å². The molecule has 1 aromatic heterocycles. The van der Waals surface area contributed by atoms with Crippen LogP contribution in [0.4, 0.5) is 31.7 Å². The van der Waals surface area contributed by atoms with Crippen molar-refractivity contribution in [3.8, 4) is 5.75 Å². The zero-order chi connectivity index (χ0) is 49.2. The first-order chi connectivity index (χ1) is 32.0. The zero-order valence-electron chi connectivity index (χ0n) is 39.9. The van der Waals surface area contributed by atoms with Gasteiger partial charge in [-0.25, -0.2) is 18.7 Å². The Hall–Kier alpha value is -6.04. The molecule has 3 fully saturated rings. The van der Waals surface area contributed by atoms with Gasteiger partial charge in [0.2, 0.25) is 17.7 Å². The minimum Gasteiger partial charge on any atom is -0.494 e. The first-order valence-electron chi connectivity index (χ1n) is 22.9. The Labute approximate surface area is 359 Å². The predicted octanol–water partition coefficient (Wildman–Crippen LogP) is 4.74. The van der Waals surface area contributed by atoms with Gasteiger partial charge in [-0.3, -0.25) is 44.0 Å². The Bertz CT molecular complexity index is 2770. The molecule has 0 saturated carbocycles. The lowest BCUT2D eigenvalue weighted by molar-refractivity contribution is -0.136. The fourth-order valence-electron chi connectivity index (χ4n) is 7.42. The molecule has 8 rings (SSSR count). The molecule has 1 unspecified atom stereocenters. The van der Waals surface area contributed by atoms with Crippen LogP contribution in [0, 0.1) is 17.6 Å². The van der Waals surface area contributed by atoms with Gasteiger partial charge < -0.3 is 20.3 Å². The van der Waals surface area contributed by atoms with E-state index in [1.165, 1.54) is 37.7 Å². The molecule has 0 aliphatic carbocycles. The van der Waals surface area contributed by atoms with Crippen LogP contribution >= 0.6 is 11.6 Å². The number of hydrogen-bond acceptors (Lipinski definition) is 12. The molecule has 3 N–H and O–H groups in total. The monoisotopic (exact) mass is 849 g/mol. The number of piperazine rings is 1. The average Bonchev–Trinajstić information content (AvgIpc) is 3.53. The van der Waals surface area contributed by atoms with E-state index in [1.807, 2.05) is 10.2 Å². The van der Waals surface area contributed by atoms with E-state index in [9.17, 15) is 28.4 Å². The van der Waals surface area contributed by atoms with Crippen LogP contribution in [0.5, 0.6) is 5.75 Å². The Morgan fingerprint density at radius 3 is 2.52 bits per heavy atom. The van der Waals surface area contributed by atoms with Crippen LogP contribution in [0.2, 0.25) is 5.02 Å². The maximum atomic E-state index is 16.5. The number of imide groups is 2. The standard InChI is InChI=1S/C42H42ClF2N9O6/c1-60-34-21-30-27(39(47-23-46-30)48-25-4-6-29(44)28(43)19-25)20-31(34)49-35(55)3-2-12-51-13-10-24(11-14-51)22-52-15-17-53(18-16-52)32-7-5-26-37(38(32)45)42(59)54(41(26)58)33-8-9-36(56)50-40(33)57/h2-7,19-21,23-24,33H,8-18,22H2,1H3,(H,49,55)(H,46,47,48)(H,50,56,57)/b3-2+/i15D2,16D2,17D2,18D2. The second-order valence-electron chi connectivity index (χ2n) is 14.3. The van der Waals surface area contributed by atoms with Gasteiger partial charge in [0.05, 0.1) is 45.6 Å². The fraction of sp³-hybridized carbons (Fsp3) is 0.357. The van der Waals surface area contributed by atoms with Gasteiger partial charge in [0, 0.05) is 74.2 Å². The number of likely N-dealkylation sites (tertiary alicyclic amines) is 1. The quantitative estimate of drug-likeness (QED) is 0.140. The Balaban J connectivity index is 0.916. The SMILES string of the molecule is [2H]C1([2H])N(CC2CCN(C/C=C/C(=O)Nc3cc4c(Nc5ccc(F)c(Cl)c5)ncnc4cc3OC)CC2)C([2H])([2H])C([2H])([2H])N(c2ccc3c(c2F)C(=O)N(C2CCC(=O)NC2=O)C3=O)C1([2H])[2H]. The van der Waals surface area contributed by atoms with Crippen LogP contribution in [-0.4, -0.2) is 120 Å². The molecule has 5 heterocycles. The second kappa shape index (κ2) is 17.3. The number of rotatable bonds is 11. The lowest BCUT2D eigenvalue weighted by Crippen LogP contribution is -2.54. The number of anilines is 4. The van der Waals surface area contributed by atoms with Crippen LogP contribution in [0.25, 0.3) is 10.9 Å². The molecule has 4 aliphatic heterocycles. The van der Waals surface area contributed by atoms with Gasteiger partial charge in [-0.05, 0) is 74.7 Å². The minimum absolute atomic E-state index is 0.0185.